The second-order valence-electron chi connectivity index (χ2n) is 4.07. The number of hydrogen-bond donors (Lipinski definition) is 1. The summed E-state index contributed by atoms with van der Waals surface area (Å²) in [5.74, 6) is 1.51. The van der Waals surface area contributed by atoms with Crippen molar-refractivity contribution in [1.29, 1.82) is 0 Å². The Morgan fingerprint density at radius 3 is 2.95 bits per heavy atom. The van der Waals surface area contributed by atoms with Crippen molar-refractivity contribution in [2.75, 3.05) is 7.11 Å². The second kappa shape index (κ2) is 6.31. The summed E-state index contributed by atoms with van der Waals surface area (Å²) in [6, 6.07) is 7.23. The van der Waals surface area contributed by atoms with E-state index in [1.807, 2.05) is 12.1 Å². The van der Waals surface area contributed by atoms with Gasteiger partial charge in [0.2, 0.25) is 0 Å². The molecule has 6 nitrogen and oxygen atoms in total. The Bertz CT molecular complexity index is 525. The first-order valence-electron chi connectivity index (χ1n) is 5.90. The van der Waals surface area contributed by atoms with Crippen molar-refractivity contribution in [2.45, 2.75) is 26.2 Å². The zero-order valence-electron chi connectivity index (χ0n) is 10.9. The van der Waals surface area contributed by atoms with Gasteiger partial charge in [-0.2, -0.15) is 4.98 Å². The first kappa shape index (κ1) is 13.5. The molecule has 0 bridgehead atoms. The minimum absolute atomic E-state index is 0.181. The Hall–Kier alpha value is -1.92. The van der Waals surface area contributed by atoms with Crippen LogP contribution in [-0.2, 0) is 18.0 Å². The molecule has 1 N–H and O–H groups in total. The zero-order chi connectivity index (χ0) is 13.7. The van der Waals surface area contributed by atoms with Gasteiger partial charge in [-0.15, -0.1) is 0 Å². The zero-order valence-corrected chi connectivity index (χ0v) is 10.9. The van der Waals surface area contributed by atoms with E-state index in [1.165, 1.54) is 0 Å². The molecule has 0 amide bonds. The molecular formula is C13H16N2O4. The van der Waals surface area contributed by atoms with Gasteiger partial charge in [0.1, 0.15) is 12.4 Å². The van der Waals surface area contributed by atoms with Gasteiger partial charge >= 0.3 is 0 Å². The van der Waals surface area contributed by atoms with Gasteiger partial charge in [-0.1, -0.05) is 17.3 Å². The van der Waals surface area contributed by atoms with Crippen LogP contribution < -0.4 is 4.74 Å². The van der Waals surface area contributed by atoms with E-state index in [0.717, 1.165) is 5.56 Å². The molecule has 1 unspecified atom stereocenters. The maximum Gasteiger partial charge on any atom is 0.264 e. The quantitative estimate of drug-likeness (QED) is 0.857. The van der Waals surface area contributed by atoms with Crippen LogP contribution in [0.3, 0.4) is 0 Å². The summed E-state index contributed by atoms with van der Waals surface area (Å²) in [6.07, 6.45) is -0.528. The predicted molar refractivity (Wildman–Crippen MR) is 66.4 cm³/mol. The minimum Gasteiger partial charge on any atom is -0.484 e. The normalized spacial score (nSPS) is 12.4. The molecule has 1 heterocycles. The van der Waals surface area contributed by atoms with E-state index in [4.69, 9.17) is 14.0 Å². The smallest absolute Gasteiger partial charge is 0.264 e. The summed E-state index contributed by atoms with van der Waals surface area (Å²) in [6.45, 7) is 2.19. The molecule has 2 aromatic rings. The highest BCUT2D eigenvalue weighted by Gasteiger charge is 2.07. The third kappa shape index (κ3) is 3.77. The summed E-state index contributed by atoms with van der Waals surface area (Å²) in [4.78, 5) is 4.10. The Morgan fingerprint density at radius 1 is 1.37 bits per heavy atom. The van der Waals surface area contributed by atoms with E-state index in [1.54, 1.807) is 26.2 Å². The molecule has 0 aliphatic carbocycles. The van der Waals surface area contributed by atoms with Gasteiger partial charge in [0.25, 0.3) is 5.89 Å². The minimum atomic E-state index is -0.528. The molecule has 0 radical (unpaired) electrons. The van der Waals surface area contributed by atoms with Crippen LogP contribution in [0.4, 0.5) is 0 Å². The number of benzene rings is 1. The highest BCUT2D eigenvalue weighted by atomic mass is 16.5. The lowest BCUT2D eigenvalue weighted by Crippen LogP contribution is -1.98. The van der Waals surface area contributed by atoms with Crippen molar-refractivity contribution in [3.8, 4) is 5.75 Å². The summed E-state index contributed by atoms with van der Waals surface area (Å²) >= 11 is 0. The van der Waals surface area contributed by atoms with E-state index in [2.05, 4.69) is 10.1 Å². The maximum atomic E-state index is 9.49. The van der Waals surface area contributed by atoms with Crippen LogP contribution in [0.25, 0.3) is 0 Å². The van der Waals surface area contributed by atoms with Crippen molar-refractivity contribution in [2.24, 2.45) is 0 Å². The lowest BCUT2D eigenvalue weighted by Gasteiger charge is -2.07. The second-order valence-corrected chi connectivity index (χ2v) is 4.07. The van der Waals surface area contributed by atoms with Gasteiger partial charge in [0.15, 0.2) is 12.4 Å². The SMILES string of the molecule is COCc1noc(COc2cccc(C(C)O)c2)n1. The van der Waals surface area contributed by atoms with Gasteiger partial charge in [-0.25, -0.2) is 0 Å². The Balaban J connectivity index is 1.95. The van der Waals surface area contributed by atoms with Crippen molar-refractivity contribution in [1.82, 2.24) is 10.1 Å². The number of methoxy groups -OCH3 is 1. The van der Waals surface area contributed by atoms with Gasteiger partial charge in [0.05, 0.1) is 6.10 Å². The molecule has 0 saturated heterocycles. The number of rotatable bonds is 6. The predicted octanol–water partition coefficient (Wildman–Crippen LogP) is 1.85. The van der Waals surface area contributed by atoms with Crippen LogP contribution in [0.1, 0.15) is 30.3 Å². The van der Waals surface area contributed by atoms with Crippen LogP contribution in [0.5, 0.6) is 5.75 Å². The molecule has 2 rings (SSSR count). The van der Waals surface area contributed by atoms with Crippen molar-refractivity contribution < 1.29 is 19.1 Å². The van der Waals surface area contributed by atoms with E-state index in [9.17, 15) is 5.11 Å². The Kier molecular flexibility index (Phi) is 4.48. The first-order valence-corrected chi connectivity index (χ1v) is 5.90. The van der Waals surface area contributed by atoms with Crippen molar-refractivity contribution in [3.63, 3.8) is 0 Å². The molecule has 0 spiro atoms. The number of hydrogen-bond acceptors (Lipinski definition) is 6. The van der Waals surface area contributed by atoms with Crippen LogP contribution in [0.15, 0.2) is 28.8 Å². The monoisotopic (exact) mass is 264 g/mol. The summed E-state index contributed by atoms with van der Waals surface area (Å²) in [5, 5.41) is 13.2. The average Bonchev–Trinajstić information content (AvgIpc) is 2.85. The van der Waals surface area contributed by atoms with Gasteiger partial charge in [0, 0.05) is 7.11 Å². The maximum absolute atomic E-state index is 9.49. The molecule has 0 aliphatic heterocycles. The number of nitrogens with zero attached hydrogens (tertiary/aromatic N) is 2. The molecule has 0 fully saturated rings. The van der Waals surface area contributed by atoms with E-state index >= 15 is 0 Å². The molecular weight excluding hydrogens is 248 g/mol. The summed E-state index contributed by atoms with van der Waals surface area (Å²) < 4.78 is 15.4. The Morgan fingerprint density at radius 2 is 2.21 bits per heavy atom. The van der Waals surface area contributed by atoms with Crippen LogP contribution in [0, 0.1) is 0 Å². The lowest BCUT2D eigenvalue weighted by molar-refractivity contribution is 0.174. The third-order valence-electron chi connectivity index (χ3n) is 2.49. The topological polar surface area (TPSA) is 77.6 Å². The molecule has 19 heavy (non-hydrogen) atoms. The van der Waals surface area contributed by atoms with Gasteiger partial charge in [-0.3, -0.25) is 0 Å². The molecule has 1 atom stereocenters. The standard InChI is InChI=1S/C13H16N2O4/c1-9(16)10-4-3-5-11(6-10)18-8-13-14-12(7-17-2)15-19-13/h3-6,9,16H,7-8H2,1-2H3. The van der Waals surface area contributed by atoms with Crippen molar-refractivity contribution in [3.05, 3.63) is 41.5 Å². The van der Waals surface area contributed by atoms with Crippen LogP contribution in [-0.4, -0.2) is 22.4 Å². The fourth-order valence-corrected chi connectivity index (χ4v) is 1.55. The average molecular weight is 264 g/mol. The molecule has 102 valence electrons. The molecule has 1 aromatic carbocycles. The largest absolute Gasteiger partial charge is 0.484 e. The summed E-state index contributed by atoms with van der Waals surface area (Å²) in [5.41, 5.74) is 0.795. The fraction of sp³-hybridized carbons (Fsp3) is 0.385. The van der Waals surface area contributed by atoms with Crippen LogP contribution >= 0.6 is 0 Å². The Labute approximate surface area is 111 Å². The highest BCUT2D eigenvalue weighted by Crippen LogP contribution is 2.19. The van der Waals surface area contributed by atoms with E-state index in [-0.39, 0.29) is 6.61 Å². The number of aromatic nitrogens is 2. The lowest BCUT2D eigenvalue weighted by atomic mass is 10.1. The van der Waals surface area contributed by atoms with E-state index < -0.39 is 6.10 Å². The van der Waals surface area contributed by atoms with Crippen molar-refractivity contribution >= 4 is 0 Å². The highest BCUT2D eigenvalue weighted by molar-refractivity contribution is 5.29. The number of aliphatic hydroxyl groups is 1. The molecule has 6 heteroatoms. The molecule has 1 aromatic heterocycles. The number of ether oxygens (including phenoxy) is 2. The molecule has 0 aliphatic rings. The van der Waals surface area contributed by atoms with Gasteiger partial charge < -0.3 is 19.1 Å². The van der Waals surface area contributed by atoms with Gasteiger partial charge in [-0.05, 0) is 24.6 Å². The molecule has 0 saturated carbocycles. The first-order chi connectivity index (χ1) is 9.19. The summed E-state index contributed by atoms with van der Waals surface area (Å²) in [7, 11) is 1.56. The fourth-order valence-electron chi connectivity index (χ4n) is 1.55. The van der Waals surface area contributed by atoms with E-state index in [0.29, 0.717) is 24.1 Å². The third-order valence-corrected chi connectivity index (χ3v) is 2.49. The number of aliphatic hydroxyl groups excluding tert-OH is 1. The van der Waals surface area contributed by atoms with Crippen LogP contribution in [0.2, 0.25) is 0 Å².